The standard InChI is InChI=1S/C16H22ClNO/c1-12-6-7-14(9-13(12)2)10-16(19)18-8-4-3-5-15(18)11-17/h6-7,9,15H,3-5,8,10-11H2,1-2H3. The number of alkyl halides is 1. The molecule has 104 valence electrons. The number of hydrogen-bond acceptors (Lipinski definition) is 1. The van der Waals surface area contributed by atoms with E-state index in [0.29, 0.717) is 12.3 Å². The topological polar surface area (TPSA) is 20.3 Å². The van der Waals surface area contributed by atoms with E-state index in [9.17, 15) is 4.79 Å². The minimum atomic E-state index is 0.216. The van der Waals surface area contributed by atoms with Crippen LogP contribution < -0.4 is 0 Å². The van der Waals surface area contributed by atoms with Crippen LogP contribution in [0, 0.1) is 13.8 Å². The zero-order chi connectivity index (χ0) is 13.8. The second kappa shape index (κ2) is 6.42. The molecule has 0 aromatic heterocycles. The van der Waals surface area contributed by atoms with Gasteiger partial charge in [0.05, 0.1) is 6.42 Å². The van der Waals surface area contributed by atoms with E-state index in [0.717, 1.165) is 24.9 Å². The molecule has 1 amide bonds. The van der Waals surface area contributed by atoms with E-state index in [4.69, 9.17) is 11.6 Å². The molecule has 0 radical (unpaired) electrons. The molecule has 1 aromatic rings. The maximum absolute atomic E-state index is 12.4. The first-order valence-corrected chi connectivity index (χ1v) is 7.57. The summed E-state index contributed by atoms with van der Waals surface area (Å²) in [5.74, 6) is 0.771. The van der Waals surface area contributed by atoms with Gasteiger partial charge in [-0.15, -0.1) is 11.6 Å². The van der Waals surface area contributed by atoms with Gasteiger partial charge in [0.1, 0.15) is 0 Å². The Hall–Kier alpha value is -1.02. The van der Waals surface area contributed by atoms with E-state index >= 15 is 0 Å². The molecule has 2 rings (SSSR count). The molecule has 0 N–H and O–H groups in total. The summed E-state index contributed by atoms with van der Waals surface area (Å²) in [5.41, 5.74) is 3.62. The van der Waals surface area contributed by atoms with Crippen LogP contribution in [-0.4, -0.2) is 29.3 Å². The zero-order valence-corrected chi connectivity index (χ0v) is 12.5. The van der Waals surface area contributed by atoms with Gasteiger partial charge < -0.3 is 4.90 Å². The smallest absolute Gasteiger partial charge is 0.227 e. The van der Waals surface area contributed by atoms with E-state index in [1.807, 2.05) is 4.90 Å². The second-order valence-electron chi connectivity index (χ2n) is 5.49. The average molecular weight is 280 g/mol. The Kier molecular flexibility index (Phi) is 4.87. The Balaban J connectivity index is 2.05. The van der Waals surface area contributed by atoms with Crippen molar-refractivity contribution in [2.45, 2.75) is 45.6 Å². The highest BCUT2D eigenvalue weighted by atomic mass is 35.5. The van der Waals surface area contributed by atoms with Gasteiger partial charge in [-0.2, -0.15) is 0 Å². The monoisotopic (exact) mass is 279 g/mol. The number of amides is 1. The Labute approximate surface area is 120 Å². The zero-order valence-electron chi connectivity index (χ0n) is 11.8. The van der Waals surface area contributed by atoms with Gasteiger partial charge in [-0.25, -0.2) is 0 Å². The number of piperidine rings is 1. The minimum Gasteiger partial charge on any atom is -0.338 e. The molecule has 0 bridgehead atoms. The summed E-state index contributed by atoms with van der Waals surface area (Å²) in [6, 6.07) is 6.49. The van der Waals surface area contributed by atoms with Crippen LogP contribution in [-0.2, 0) is 11.2 Å². The highest BCUT2D eigenvalue weighted by Gasteiger charge is 2.25. The quantitative estimate of drug-likeness (QED) is 0.776. The SMILES string of the molecule is Cc1ccc(CC(=O)N2CCCCC2CCl)cc1C. The fourth-order valence-electron chi connectivity index (χ4n) is 2.68. The molecule has 1 aromatic carbocycles. The molecule has 2 nitrogen and oxygen atoms in total. The Morgan fingerprint density at radius 1 is 1.32 bits per heavy atom. The first-order chi connectivity index (χ1) is 9.11. The molecule has 1 fully saturated rings. The number of nitrogens with zero attached hydrogens (tertiary/aromatic N) is 1. The van der Waals surface area contributed by atoms with Gasteiger partial charge in [-0.3, -0.25) is 4.79 Å². The maximum Gasteiger partial charge on any atom is 0.227 e. The van der Waals surface area contributed by atoms with Crippen LogP contribution in [0.2, 0.25) is 0 Å². The maximum atomic E-state index is 12.4. The third-order valence-electron chi connectivity index (χ3n) is 4.05. The molecule has 1 aliphatic rings. The van der Waals surface area contributed by atoms with Gasteiger partial charge in [0.25, 0.3) is 0 Å². The van der Waals surface area contributed by atoms with Crippen LogP contribution in [0.25, 0.3) is 0 Å². The summed E-state index contributed by atoms with van der Waals surface area (Å²) >= 11 is 5.97. The van der Waals surface area contributed by atoms with E-state index in [-0.39, 0.29) is 11.9 Å². The van der Waals surface area contributed by atoms with Crippen LogP contribution in [0.3, 0.4) is 0 Å². The molecule has 0 spiro atoms. The van der Waals surface area contributed by atoms with Crippen molar-refractivity contribution in [3.05, 3.63) is 34.9 Å². The Morgan fingerprint density at radius 2 is 2.11 bits per heavy atom. The van der Waals surface area contributed by atoms with Crippen LogP contribution in [0.1, 0.15) is 36.0 Å². The number of hydrogen-bond donors (Lipinski definition) is 0. The van der Waals surface area contributed by atoms with Gasteiger partial charge in [0, 0.05) is 18.5 Å². The second-order valence-corrected chi connectivity index (χ2v) is 5.80. The molecule has 1 atom stereocenters. The molecule has 3 heteroatoms. The fourth-order valence-corrected chi connectivity index (χ4v) is 3.00. The molecule has 1 saturated heterocycles. The van der Waals surface area contributed by atoms with Crippen molar-refractivity contribution < 1.29 is 4.79 Å². The van der Waals surface area contributed by atoms with Gasteiger partial charge in [-0.1, -0.05) is 18.2 Å². The predicted molar refractivity (Wildman–Crippen MR) is 79.7 cm³/mol. The fraction of sp³-hybridized carbons (Fsp3) is 0.562. The van der Waals surface area contributed by atoms with Gasteiger partial charge in [0.2, 0.25) is 5.91 Å². The number of benzene rings is 1. The lowest BCUT2D eigenvalue weighted by Crippen LogP contribution is -2.45. The van der Waals surface area contributed by atoms with Crippen molar-refractivity contribution in [2.75, 3.05) is 12.4 Å². The number of rotatable bonds is 3. The van der Waals surface area contributed by atoms with Crippen molar-refractivity contribution in [3.63, 3.8) is 0 Å². The summed E-state index contributed by atoms with van der Waals surface area (Å²) in [7, 11) is 0. The molecule has 0 aliphatic carbocycles. The summed E-state index contributed by atoms with van der Waals surface area (Å²) in [6.45, 7) is 5.04. The van der Waals surface area contributed by atoms with E-state index < -0.39 is 0 Å². The number of carbonyl (C=O) groups is 1. The van der Waals surface area contributed by atoms with Crippen LogP contribution in [0.4, 0.5) is 0 Å². The first kappa shape index (κ1) is 14.4. The molecule has 1 aliphatic heterocycles. The van der Waals surface area contributed by atoms with E-state index in [1.54, 1.807) is 0 Å². The molecular formula is C16H22ClNO. The lowest BCUT2D eigenvalue weighted by Gasteiger charge is -2.34. The lowest BCUT2D eigenvalue weighted by atomic mass is 10.0. The van der Waals surface area contributed by atoms with Crippen molar-refractivity contribution in [2.24, 2.45) is 0 Å². The number of aryl methyl sites for hydroxylation is 2. The average Bonchev–Trinajstić information content (AvgIpc) is 2.43. The van der Waals surface area contributed by atoms with Crippen LogP contribution in [0.15, 0.2) is 18.2 Å². The summed E-state index contributed by atoms with van der Waals surface area (Å²) in [6.07, 6.45) is 3.83. The third kappa shape index (κ3) is 3.50. The molecule has 0 saturated carbocycles. The van der Waals surface area contributed by atoms with Gasteiger partial charge in [0.15, 0.2) is 0 Å². The highest BCUT2D eigenvalue weighted by Crippen LogP contribution is 2.20. The van der Waals surface area contributed by atoms with Crippen molar-refractivity contribution in [3.8, 4) is 0 Å². The minimum absolute atomic E-state index is 0.216. The largest absolute Gasteiger partial charge is 0.338 e. The summed E-state index contributed by atoms with van der Waals surface area (Å²) < 4.78 is 0. The summed E-state index contributed by atoms with van der Waals surface area (Å²) in [4.78, 5) is 14.4. The van der Waals surface area contributed by atoms with Crippen LogP contribution >= 0.6 is 11.6 Å². The molecule has 19 heavy (non-hydrogen) atoms. The number of carbonyl (C=O) groups excluding carboxylic acids is 1. The number of likely N-dealkylation sites (tertiary alicyclic amines) is 1. The predicted octanol–water partition coefficient (Wildman–Crippen LogP) is 3.47. The van der Waals surface area contributed by atoms with Gasteiger partial charge >= 0.3 is 0 Å². The summed E-state index contributed by atoms with van der Waals surface area (Å²) in [5, 5.41) is 0. The van der Waals surface area contributed by atoms with Crippen molar-refractivity contribution in [1.82, 2.24) is 4.90 Å². The third-order valence-corrected chi connectivity index (χ3v) is 4.41. The normalized spacial score (nSPS) is 19.5. The molecule has 1 heterocycles. The van der Waals surface area contributed by atoms with Crippen LogP contribution in [0.5, 0.6) is 0 Å². The van der Waals surface area contributed by atoms with Crippen molar-refractivity contribution in [1.29, 1.82) is 0 Å². The lowest BCUT2D eigenvalue weighted by molar-refractivity contribution is -0.133. The molecular weight excluding hydrogens is 258 g/mol. The molecule has 1 unspecified atom stereocenters. The first-order valence-electron chi connectivity index (χ1n) is 7.03. The highest BCUT2D eigenvalue weighted by molar-refractivity contribution is 6.18. The van der Waals surface area contributed by atoms with Crippen molar-refractivity contribution >= 4 is 17.5 Å². The van der Waals surface area contributed by atoms with E-state index in [2.05, 4.69) is 32.0 Å². The van der Waals surface area contributed by atoms with E-state index in [1.165, 1.54) is 17.5 Å². The number of halogens is 1. The Bertz CT molecular complexity index is 458. The Morgan fingerprint density at radius 3 is 2.79 bits per heavy atom. The van der Waals surface area contributed by atoms with Gasteiger partial charge in [-0.05, 0) is 49.8 Å².